The number of alkyl halides is 3. The largest absolute Gasteiger partial charge is 0.507 e. The summed E-state index contributed by atoms with van der Waals surface area (Å²) in [7, 11) is 0. The zero-order valence-corrected chi connectivity index (χ0v) is 10.5. The molecule has 0 saturated heterocycles. The first kappa shape index (κ1) is 13.5. The van der Waals surface area contributed by atoms with E-state index in [1.165, 1.54) is 0 Å². The van der Waals surface area contributed by atoms with Crippen LogP contribution in [0.5, 0.6) is 5.75 Å². The number of hydrogen-bond donors (Lipinski definition) is 1. The molecule has 0 saturated carbocycles. The fraction of sp³-hybridized carbons (Fsp3) is 0.200. The number of rotatable bonds is 1. The molecule has 0 bridgehead atoms. The molecule has 2 aromatic carbocycles. The minimum Gasteiger partial charge on any atom is -0.507 e. The Kier molecular flexibility index (Phi) is 3.27. The second-order valence-electron chi connectivity index (χ2n) is 4.48. The molecule has 0 aliphatic heterocycles. The molecule has 0 aliphatic carbocycles. The lowest BCUT2D eigenvalue weighted by Gasteiger charge is -2.13. The van der Waals surface area contributed by atoms with E-state index in [0.717, 1.165) is 29.3 Å². The summed E-state index contributed by atoms with van der Waals surface area (Å²) in [6.45, 7) is 3.70. The second-order valence-corrected chi connectivity index (χ2v) is 4.48. The molecule has 0 spiro atoms. The zero-order valence-electron chi connectivity index (χ0n) is 10.5. The Morgan fingerprint density at radius 1 is 0.947 bits per heavy atom. The van der Waals surface area contributed by atoms with Crippen LogP contribution < -0.4 is 0 Å². The molecule has 2 aromatic rings. The van der Waals surface area contributed by atoms with Gasteiger partial charge in [-0.15, -0.1) is 0 Å². The van der Waals surface area contributed by atoms with Crippen molar-refractivity contribution in [2.45, 2.75) is 20.0 Å². The Labute approximate surface area is 109 Å². The van der Waals surface area contributed by atoms with Crippen molar-refractivity contribution in [1.29, 1.82) is 0 Å². The van der Waals surface area contributed by atoms with Gasteiger partial charge in [0.2, 0.25) is 0 Å². The van der Waals surface area contributed by atoms with Gasteiger partial charge >= 0.3 is 6.18 Å². The lowest BCUT2D eigenvalue weighted by molar-refractivity contribution is -0.137. The molecule has 1 nitrogen and oxygen atoms in total. The molecule has 0 aliphatic rings. The number of phenolic OH excluding ortho intramolecular Hbond substituents is 1. The second kappa shape index (κ2) is 4.61. The third kappa shape index (κ3) is 2.57. The van der Waals surface area contributed by atoms with Gasteiger partial charge in [-0.1, -0.05) is 18.2 Å². The van der Waals surface area contributed by atoms with Gasteiger partial charge in [0.15, 0.2) is 0 Å². The zero-order chi connectivity index (χ0) is 14.2. The van der Waals surface area contributed by atoms with Gasteiger partial charge in [0, 0.05) is 5.56 Å². The van der Waals surface area contributed by atoms with Crippen molar-refractivity contribution < 1.29 is 18.3 Å². The van der Waals surface area contributed by atoms with E-state index in [4.69, 9.17) is 0 Å². The van der Waals surface area contributed by atoms with Crippen molar-refractivity contribution in [3.63, 3.8) is 0 Å². The first-order valence-electron chi connectivity index (χ1n) is 5.77. The molecule has 2 rings (SSSR count). The monoisotopic (exact) mass is 266 g/mol. The fourth-order valence-electron chi connectivity index (χ4n) is 1.97. The Morgan fingerprint density at radius 2 is 1.63 bits per heavy atom. The highest BCUT2D eigenvalue weighted by molar-refractivity contribution is 5.74. The number of benzene rings is 2. The first-order valence-corrected chi connectivity index (χ1v) is 5.77. The average Bonchev–Trinajstić information content (AvgIpc) is 2.32. The van der Waals surface area contributed by atoms with Gasteiger partial charge in [-0.2, -0.15) is 13.2 Å². The molecule has 0 amide bonds. The highest BCUT2D eigenvalue weighted by Gasteiger charge is 2.31. The van der Waals surface area contributed by atoms with Crippen LogP contribution in [0.2, 0.25) is 0 Å². The molecule has 0 radical (unpaired) electrons. The minimum absolute atomic E-state index is 0.151. The van der Waals surface area contributed by atoms with Gasteiger partial charge in [0.1, 0.15) is 5.75 Å². The third-order valence-corrected chi connectivity index (χ3v) is 3.22. The van der Waals surface area contributed by atoms with E-state index in [0.29, 0.717) is 5.56 Å². The number of halogens is 3. The predicted octanol–water partition coefficient (Wildman–Crippen LogP) is 4.69. The van der Waals surface area contributed by atoms with Crippen LogP contribution in [0.25, 0.3) is 11.1 Å². The van der Waals surface area contributed by atoms with Gasteiger partial charge in [-0.05, 0) is 48.7 Å². The van der Waals surface area contributed by atoms with E-state index in [2.05, 4.69) is 0 Å². The molecule has 0 fully saturated rings. The Morgan fingerprint density at radius 3 is 2.26 bits per heavy atom. The number of aryl methyl sites for hydroxylation is 1. The molecule has 0 heterocycles. The van der Waals surface area contributed by atoms with Crippen molar-refractivity contribution in [1.82, 2.24) is 0 Å². The molecule has 19 heavy (non-hydrogen) atoms. The van der Waals surface area contributed by atoms with Crippen molar-refractivity contribution in [2.75, 3.05) is 0 Å². The summed E-state index contributed by atoms with van der Waals surface area (Å²) in [5, 5.41) is 9.80. The van der Waals surface area contributed by atoms with Crippen molar-refractivity contribution in [3.8, 4) is 16.9 Å². The Balaban J connectivity index is 2.65. The first-order chi connectivity index (χ1) is 8.80. The minimum atomic E-state index is -4.42. The maximum Gasteiger partial charge on any atom is 0.416 e. The maximum atomic E-state index is 12.7. The van der Waals surface area contributed by atoms with Crippen LogP contribution in [0.4, 0.5) is 13.2 Å². The summed E-state index contributed by atoms with van der Waals surface area (Å²) >= 11 is 0. The van der Waals surface area contributed by atoms with Gasteiger partial charge < -0.3 is 5.11 Å². The summed E-state index contributed by atoms with van der Waals surface area (Å²) in [5.74, 6) is -0.151. The summed E-state index contributed by atoms with van der Waals surface area (Å²) in [5.41, 5.74) is 1.88. The van der Waals surface area contributed by atoms with E-state index < -0.39 is 11.7 Å². The van der Waals surface area contributed by atoms with E-state index in [-0.39, 0.29) is 11.3 Å². The lowest BCUT2D eigenvalue weighted by atomic mass is 9.95. The van der Waals surface area contributed by atoms with Crippen molar-refractivity contribution >= 4 is 0 Å². The van der Waals surface area contributed by atoms with E-state index >= 15 is 0 Å². The quantitative estimate of drug-likeness (QED) is 0.793. The number of aromatic hydroxyl groups is 1. The highest BCUT2D eigenvalue weighted by Crippen LogP contribution is 2.38. The van der Waals surface area contributed by atoms with Crippen molar-refractivity contribution in [3.05, 3.63) is 53.1 Å². The maximum absolute atomic E-state index is 12.7. The smallest absolute Gasteiger partial charge is 0.416 e. The third-order valence-electron chi connectivity index (χ3n) is 3.22. The molecule has 0 unspecified atom stereocenters. The van der Waals surface area contributed by atoms with Gasteiger partial charge in [-0.3, -0.25) is 0 Å². The van der Waals surface area contributed by atoms with E-state index in [1.807, 2.05) is 19.9 Å². The summed E-state index contributed by atoms with van der Waals surface area (Å²) in [6.07, 6.45) is -4.42. The van der Waals surface area contributed by atoms with Crippen LogP contribution in [0.3, 0.4) is 0 Å². The SMILES string of the molecule is Cc1cccc(-c2cc(C(F)(F)F)ccc2O)c1C. The number of phenols is 1. The normalized spacial score (nSPS) is 11.6. The van der Waals surface area contributed by atoms with Gasteiger partial charge in [0.25, 0.3) is 0 Å². The van der Waals surface area contributed by atoms with Crippen LogP contribution in [-0.4, -0.2) is 5.11 Å². The standard InChI is InChI=1S/C15H13F3O/c1-9-4-3-5-12(10(9)2)13-8-11(15(16,17)18)6-7-14(13)19/h3-8,19H,1-2H3. The summed E-state index contributed by atoms with van der Waals surface area (Å²) in [6, 6.07) is 8.29. The summed E-state index contributed by atoms with van der Waals surface area (Å²) < 4.78 is 38.1. The van der Waals surface area contributed by atoms with Crippen LogP contribution >= 0.6 is 0 Å². The van der Waals surface area contributed by atoms with Gasteiger partial charge in [0.05, 0.1) is 5.56 Å². The van der Waals surface area contributed by atoms with E-state index in [9.17, 15) is 18.3 Å². The fourth-order valence-corrected chi connectivity index (χ4v) is 1.97. The predicted molar refractivity (Wildman–Crippen MR) is 68.0 cm³/mol. The molecule has 1 N–H and O–H groups in total. The molecule has 100 valence electrons. The van der Waals surface area contributed by atoms with Crippen LogP contribution in [0, 0.1) is 13.8 Å². The topological polar surface area (TPSA) is 20.2 Å². The van der Waals surface area contributed by atoms with Crippen LogP contribution in [0.1, 0.15) is 16.7 Å². The van der Waals surface area contributed by atoms with E-state index in [1.54, 1.807) is 12.1 Å². The average molecular weight is 266 g/mol. The Hall–Kier alpha value is -1.97. The number of hydrogen-bond acceptors (Lipinski definition) is 1. The lowest BCUT2D eigenvalue weighted by Crippen LogP contribution is -2.04. The molecule has 0 aromatic heterocycles. The molecule has 4 heteroatoms. The van der Waals surface area contributed by atoms with Crippen LogP contribution in [-0.2, 0) is 6.18 Å². The van der Waals surface area contributed by atoms with Gasteiger partial charge in [-0.25, -0.2) is 0 Å². The summed E-state index contributed by atoms with van der Waals surface area (Å²) in [4.78, 5) is 0. The molecule has 0 atom stereocenters. The highest BCUT2D eigenvalue weighted by atomic mass is 19.4. The molecular formula is C15H13F3O. The van der Waals surface area contributed by atoms with Crippen molar-refractivity contribution in [2.24, 2.45) is 0 Å². The van der Waals surface area contributed by atoms with Crippen LogP contribution in [0.15, 0.2) is 36.4 Å². The molecular weight excluding hydrogens is 253 g/mol. The Bertz CT molecular complexity index is 615.